The van der Waals surface area contributed by atoms with Gasteiger partial charge in [0.25, 0.3) is 5.91 Å². The van der Waals surface area contributed by atoms with Crippen molar-refractivity contribution >= 4 is 17.3 Å². The molecule has 0 saturated heterocycles. The van der Waals surface area contributed by atoms with E-state index in [9.17, 15) is 4.79 Å². The van der Waals surface area contributed by atoms with Gasteiger partial charge in [-0.15, -0.1) is 0 Å². The van der Waals surface area contributed by atoms with Crippen LogP contribution in [0.1, 0.15) is 37.0 Å². The van der Waals surface area contributed by atoms with Gasteiger partial charge in [0.1, 0.15) is 0 Å². The number of benzene rings is 1. The highest BCUT2D eigenvalue weighted by molar-refractivity contribution is 5.95. The number of nitrogens with two attached hydrogens (primary N) is 1. The number of hydrogen-bond donors (Lipinski definition) is 2. The fourth-order valence-electron chi connectivity index (χ4n) is 2.32. The Morgan fingerprint density at radius 3 is 2.47 bits per heavy atom. The third-order valence-corrected chi connectivity index (χ3v) is 3.76. The molecule has 3 N–H and O–H groups in total. The summed E-state index contributed by atoms with van der Waals surface area (Å²) in [6.07, 6.45) is 2.55. The summed E-state index contributed by atoms with van der Waals surface area (Å²) in [6, 6.07) is 5.47. The zero-order chi connectivity index (χ0) is 14.2. The van der Waals surface area contributed by atoms with Gasteiger partial charge < -0.3 is 16.0 Å². The number of nitrogens with one attached hydrogen (secondary N) is 1. The van der Waals surface area contributed by atoms with Crippen molar-refractivity contribution in [2.24, 2.45) is 5.92 Å². The first-order valence-electron chi connectivity index (χ1n) is 6.70. The first kappa shape index (κ1) is 13.7. The van der Waals surface area contributed by atoms with E-state index in [2.05, 4.69) is 19.2 Å². The smallest absolute Gasteiger partial charge is 0.253 e. The van der Waals surface area contributed by atoms with E-state index in [1.165, 1.54) is 12.8 Å². The molecule has 104 valence electrons. The molecule has 0 aliphatic heterocycles. The molecule has 2 rings (SSSR count). The van der Waals surface area contributed by atoms with E-state index < -0.39 is 0 Å². The maximum Gasteiger partial charge on any atom is 0.253 e. The average molecular weight is 261 g/mol. The van der Waals surface area contributed by atoms with Gasteiger partial charge in [0.15, 0.2) is 0 Å². The van der Waals surface area contributed by atoms with Crippen LogP contribution in [0.3, 0.4) is 0 Å². The molecule has 4 heteroatoms. The lowest BCUT2D eigenvalue weighted by Crippen LogP contribution is -2.33. The van der Waals surface area contributed by atoms with Crippen molar-refractivity contribution in [1.82, 2.24) is 4.90 Å². The molecule has 1 aromatic rings. The number of carbonyl (C=O) groups is 1. The highest BCUT2D eigenvalue weighted by Gasteiger charge is 2.37. The lowest BCUT2D eigenvalue weighted by molar-refractivity contribution is 0.0827. The van der Waals surface area contributed by atoms with Gasteiger partial charge in [-0.25, -0.2) is 0 Å². The number of carbonyl (C=O) groups excluding carboxylic acids is 1. The molecular formula is C15H23N3O. The summed E-state index contributed by atoms with van der Waals surface area (Å²) in [5, 5.41) is 3.49. The number of anilines is 2. The first-order valence-corrected chi connectivity index (χ1v) is 6.70. The standard InChI is InChI=1S/C15H23N3O/c1-15(2,11-6-7-11)17-13-8-5-10(9-12(13)16)14(19)18(3)4/h5,8-9,11,17H,6-7,16H2,1-4H3. The van der Waals surface area contributed by atoms with Crippen molar-refractivity contribution in [1.29, 1.82) is 0 Å². The molecule has 0 aromatic heterocycles. The molecule has 1 amide bonds. The molecule has 19 heavy (non-hydrogen) atoms. The quantitative estimate of drug-likeness (QED) is 0.819. The number of rotatable bonds is 4. The fraction of sp³-hybridized carbons (Fsp3) is 0.533. The number of nitrogens with zero attached hydrogens (tertiary/aromatic N) is 1. The van der Waals surface area contributed by atoms with Gasteiger partial charge in [-0.1, -0.05) is 0 Å². The van der Waals surface area contributed by atoms with E-state index in [0.717, 1.165) is 11.6 Å². The van der Waals surface area contributed by atoms with Crippen molar-refractivity contribution in [2.75, 3.05) is 25.1 Å². The minimum Gasteiger partial charge on any atom is -0.397 e. The molecule has 0 bridgehead atoms. The Morgan fingerprint density at radius 2 is 2.00 bits per heavy atom. The molecule has 0 heterocycles. The Morgan fingerprint density at radius 1 is 1.37 bits per heavy atom. The van der Waals surface area contributed by atoms with Crippen molar-refractivity contribution in [2.45, 2.75) is 32.2 Å². The normalized spacial score (nSPS) is 15.2. The van der Waals surface area contributed by atoms with Crippen LogP contribution in [0.25, 0.3) is 0 Å². The van der Waals surface area contributed by atoms with Crippen molar-refractivity contribution in [3.8, 4) is 0 Å². The molecule has 1 aliphatic rings. The predicted octanol–water partition coefficient (Wildman–Crippen LogP) is 2.57. The summed E-state index contributed by atoms with van der Waals surface area (Å²) >= 11 is 0. The van der Waals surface area contributed by atoms with Crippen LogP contribution in [0.4, 0.5) is 11.4 Å². The largest absolute Gasteiger partial charge is 0.397 e. The zero-order valence-corrected chi connectivity index (χ0v) is 12.2. The topological polar surface area (TPSA) is 58.4 Å². The molecule has 1 fully saturated rings. The van der Waals surface area contributed by atoms with E-state index in [4.69, 9.17) is 5.73 Å². The molecule has 0 radical (unpaired) electrons. The Balaban J connectivity index is 2.17. The van der Waals surface area contributed by atoms with Crippen LogP contribution in [0.15, 0.2) is 18.2 Å². The van der Waals surface area contributed by atoms with Gasteiger partial charge >= 0.3 is 0 Å². The van der Waals surface area contributed by atoms with E-state index in [1.807, 2.05) is 12.1 Å². The Hall–Kier alpha value is -1.71. The van der Waals surface area contributed by atoms with E-state index in [1.54, 1.807) is 25.1 Å². The summed E-state index contributed by atoms with van der Waals surface area (Å²) < 4.78 is 0. The van der Waals surface area contributed by atoms with E-state index in [0.29, 0.717) is 11.3 Å². The zero-order valence-electron chi connectivity index (χ0n) is 12.2. The van der Waals surface area contributed by atoms with Gasteiger partial charge in [0.2, 0.25) is 0 Å². The highest BCUT2D eigenvalue weighted by Crippen LogP contribution is 2.41. The third-order valence-electron chi connectivity index (χ3n) is 3.76. The third kappa shape index (κ3) is 3.00. The van der Waals surface area contributed by atoms with Gasteiger partial charge in [-0.3, -0.25) is 4.79 Å². The molecule has 0 atom stereocenters. The van der Waals surface area contributed by atoms with Crippen molar-refractivity contribution in [3.63, 3.8) is 0 Å². The summed E-state index contributed by atoms with van der Waals surface area (Å²) in [5.41, 5.74) is 8.27. The predicted molar refractivity (Wildman–Crippen MR) is 79.3 cm³/mol. The monoisotopic (exact) mass is 261 g/mol. The molecule has 4 nitrogen and oxygen atoms in total. The fourth-order valence-corrected chi connectivity index (χ4v) is 2.32. The van der Waals surface area contributed by atoms with Crippen molar-refractivity contribution in [3.05, 3.63) is 23.8 Å². The first-order chi connectivity index (χ1) is 8.81. The minimum atomic E-state index is -0.0281. The Labute approximate surface area is 115 Å². The lowest BCUT2D eigenvalue weighted by atomic mass is 9.98. The molecule has 0 spiro atoms. The van der Waals surface area contributed by atoms with Gasteiger partial charge in [0.05, 0.1) is 11.4 Å². The number of hydrogen-bond acceptors (Lipinski definition) is 3. The van der Waals surface area contributed by atoms with E-state index in [-0.39, 0.29) is 11.4 Å². The molecular weight excluding hydrogens is 238 g/mol. The molecule has 0 unspecified atom stereocenters. The second-order valence-electron chi connectivity index (χ2n) is 6.12. The van der Waals surface area contributed by atoms with Gasteiger partial charge in [0, 0.05) is 25.2 Å². The molecule has 1 saturated carbocycles. The number of nitrogen functional groups attached to an aromatic ring is 1. The van der Waals surface area contributed by atoms with Crippen LogP contribution >= 0.6 is 0 Å². The van der Waals surface area contributed by atoms with Crippen LogP contribution in [-0.4, -0.2) is 30.4 Å². The average Bonchev–Trinajstić information content (AvgIpc) is 3.14. The van der Waals surface area contributed by atoms with Gasteiger partial charge in [-0.05, 0) is 50.8 Å². The lowest BCUT2D eigenvalue weighted by Gasteiger charge is -2.28. The number of amides is 1. The maximum atomic E-state index is 11.9. The summed E-state index contributed by atoms with van der Waals surface area (Å²) in [5.74, 6) is 0.690. The summed E-state index contributed by atoms with van der Waals surface area (Å²) in [6.45, 7) is 4.39. The van der Waals surface area contributed by atoms with Crippen LogP contribution in [0.5, 0.6) is 0 Å². The van der Waals surface area contributed by atoms with E-state index >= 15 is 0 Å². The van der Waals surface area contributed by atoms with Crippen LogP contribution in [-0.2, 0) is 0 Å². The maximum absolute atomic E-state index is 11.9. The van der Waals surface area contributed by atoms with Gasteiger partial charge in [-0.2, -0.15) is 0 Å². The molecule has 1 aromatic carbocycles. The molecule has 1 aliphatic carbocycles. The van der Waals surface area contributed by atoms with Crippen LogP contribution in [0.2, 0.25) is 0 Å². The summed E-state index contributed by atoms with van der Waals surface area (Å²) in [4.78, 5) is 13.4. The second kappa shape index (κ2) is 4.76. The minimum absolute atomic E-state index is 0.0281. The van der Waals surface area contributed by atoms with Crippen molar-refractivity contribution < 1.29 is 4.79 Å². The Bertz CT molecular complexity index is 490. The second-order valence-corrected chi connectivity index (χ2v) is 6.12. The highest BCUT2D eigenvalue weighted by atomic mass is 16.2. The Kier molecular flexibility index (Phi) is 3.43. The SMILES string of the molecule is CN(C)C(=O)c1ccc(NC(C)(C)C2CC2)c(N)c1. The van der Waals surface area contributed by atoms with Crippen LogP contribution in [0, 0.1) is 5.92 Å². The van der Waals surface area contributed by atoms with Crippen LogP contribution < -0.4 is 11.1 Å². The summed E-state index contributed by atoms with van der Waals surface area (Å²) in [7, 11) is 3.47.